The Hall–Kier alpha value is -2.28. The molecule has 0 bridgehead atoms. The summed E-state index contributed by atoms with van der Waals surface area (Å²) in [5, 5.41) is 15.5. The molecule has 0 spiro atoms. The number of rotatable bonds is 10. The van der Waals surface area contributed by atoms with E-state index in [-0.39, 0.29) is 18.1 Å². The molecule has 1 heterocycles. The van der Waals surface area contributed by atoms with Gasteiger partial charge >= 0.3 is 5.97 Å². The van der Waals surface area contributed by atoms with Crippen LogP contribution in [0.25, 0.3) is 0 Å². The van der Waals surface area contributed by atoms with Crippen molar-refractivity contribution in [2.24, 2.45) is 0 Å². The number of thioether (sulfide) groups is 1. The minimum Gasteiger partial charge on any atom is -0.481 e. The van der Waals surface area contributed by atoms with E-state index in [4.69, 9.17) is 9.63 Å². The van der Waals surface area contributed by atoms with Crippen LogP contribution in [0.5, 0.6) is 0 Å². The third-order valence-electron chi connectivity index (χ3n) is 4.07. The molecule has 0 saturated carbocycles. The lowest BCUT2D eigenvalue weighted by Gasteiger charge is -2.06. The fourth-order valence-corrected chi connectivity index (χ4v) is 3.45. The standard InChI is InChI=1S/C19H24N2O4S/c1-3-14(4-2)16-11-17(25-21-16)19(24)20-15-7-5-6-13(10-15)12-26-9-8-18(22)23/h5-7,10-11,14H,3-4,8-9,12H2,1-2H3,(H,20,24)(H,22,23). The van der Waals surface area contributed by atoms with E-state index in [1.165, 1.54) is 0 Å². The first kappa shape index (κ1) is 20.0. The Morgan fingerprint density at radius 3 is 2.73 bits per heavy atom. The summed E-state index contributed by atoms with van der Waals surface area (Å²) in [5.74, 6) is 0.629. The average molecular weight is 376 g/mol. The van der Waals surface area contributed by atoms with Crippen molar-refractivity contribution in [2.45, 2.75) is 44.8 Å². The predicted octanol–water partition coefficient (Wildman–Crippen LogP) is 4.54. The molecule has 1 aromatic carbocycles. The first-order valence-electron chi connectivity index (χ1n) is 8.69. The summed E-state index contributed by atoms with van der Waals surface area (Å²) in [7, 11) is 0. The molecular weight excluding hydrogens is 352 g/mol. The smallest absolute Gasteiger partial charge is 0.304 e. The maximum atomic E-state index is 12.4. The minimum atomic E-state index is -0.793. The number of carbonyl (C=O) groups is 2. The lowest BCUT2D eigenvalue weighted by atomic mass is 9.99. The summed E-state index contributed by atoms with van der Waals surface area (Å²) in [6.45, 7) is 4.17. The molecule has 6 nitrogen and oxygen atoms in total. The van der Waals surface area contributed by atoms with E-state index >= 15 is 0 Å². The van der Waals surface area contributed by atoms with E-state index < -0.39 is 5.97 Å². The molecule has 26 heavy (non-hydrogen) atoms. The number of amides is 1. The number of hydrogen-bond acceptors (Lipinski definition) is 5. The molecule has 0 saturated heterocycles. The molecular formula is C19H24N2O4S. The van der Waals surface area contributed by atoms with E-state index in [2.05, 4.69) is 24.3 Å². The highest BCUT2D eigenvalue weighted by molar-refractivity contribution is 7.98. The quantitative estimate of drug-likeness (QED) is 0.592. The molecule has 140 valence electrons. The molecule has 0 aliphatic carbocycles. The number of benzene rings is 1. The van der Waals surface area contributed by atoms with Gasteiger partial charge in [-0.1, -0.05) is 31.1 Å². The Morgan fingerprint density at radius 1 is 1.27 bits per heavy atom. The Kier molecular flexibility index (Phi) is 7.72. The summed E-state index contributed by atoms with van der Waals surface area (Å²) in [6.07, 6.45) is 2.04. The van der Waals surface area contributed by atoms with Gasteiger partial charge in [-0.2, -0.15) is 11.8 Å². The Morgan fingerprint density at radius 2 is 2.04 bits per heavy atom. The zero-order chi connectivity index (χ0) is 18.9. The summed E-state index contributed by atoms with van der Waals surface area (Å²) >= 11 is 1.55. The van der Waals surface area contributed by atoms with Gasteiger partial charge in [-0.05, 0) is 30.5 Å². The molecule has 0 atom stereocenters. The number of carbonyl (C=O) groups excluding carboxylic acids is 1. The Balaban J connectivity index is 1.94. The summed E-state index contributed by atoms with van der Waals surface area (Å²) in [4.78, 5) is 22.9. The van der Waals surface area contributed by atoms with Crippen LogP contribution in [0.15, 0.2) is 34.9 Å². The van der Waals surface area contributed by atoms with E-state index in [1.807, 2.05) is 24.3 Å². The number of nitrogens with zero attached hydrogens (tertiary/aromatic N) is 1. The Labute approximate surface area is 157 Å². The van der Waals surface area contributed by atoms with Crippen molar-refractivity contribution >= 4 is 29.3 Å². The van der Waals surface area contributed by atoms with Crippen LogP contribution in [-0.4, -0.2) is 27.9 Å². The molecule has 2 rings (SSSR count). The van der Waals surface area contributed by atoms with Crippen molar-refractivity contribution < 1.29 is 19.2 Å². The number of carboxylic acid groups (broad SMARTS) is 1. The molecule has 7 heteroatoms. The van der Waals surface area contributed by atoms with Crippen LogP contribution in [0.2, 0.25) is 0 Å². The van der Waals surface area contributed by atoms with Crippen molar-refractivity contribution in [3.05, 3.63) is 47.3 Å². The number of aromatic nitrogens is 1. The second-order valence-electron chi connectivity index (χ2n) is 5.98. The third-order valence-corrected chi connectivity index (χ3v) is 5.10. The van der Waals surface area contributed by atoms with Crippen molar-refractivity contribution in [3.63, 3.8) is 0 Å². The summed E-state index contributed by atoms with van der Waals surface area (Å²) < 4.78 is 5.19. The second kappa shape index (κ2) is 10.0. The molecule has 0 radical (unpaired) electrons. The number of aliphatic carboxylic acids is 1. The highest BCUT2D eigenvalue weighted by atomic mass is 32.2. The van der Waals surface area contributed by atoms with Crippen molar-refractivity contribution in [3.8, 4) is 0 Å². The maximum Gasteiger partial charge on any atom is 0.304 e. The fourth-order valence-electron chi connectivity index (χ4n) is 2.58. The van der Waals surface area contributed by atoms with Crippen LogP contribution >= 0.6 is 11.8 Å². The average Bonchev–Trinajstić information content (AvgIpc) is 3.10. The topological polar surface area (TPSA) is 92.4 Å². The first-order chi connectivity index (χ1) is 12.5. The first-order valence-corrected chi connectivity index (χ1v) is 9.85. The van der Waals surface area contributed by atoms with Gasteiger partial charge in [-0.15, -0.1) is 0 Å². The van der Waals surface area contributed by atoms with Gasteiger partial charge in [-0.3, -0.25) is 9.59 Å². The summed E-state index contributed by atoms with van der Waals surface area (Å²) in [5.41, 5.74) is 2.50. The zero-order valence-electron chi connectivity index (χ0n) is 15.0. The highest BCUT2D eigenvalue weighted by Crippen LogP contribution is 2.23. The molecule has 1 amide bonds. The maximum absolute atomic E-state index is 12.4. The number of anilines is 1. The van der Waals surface area contributed by atoms with Gasteiger partial charge in [0, 0.05) is 29.2 Å². The number of carboxylic acids is 1. The van der Waals surface area contributed by atoms with Crippen LogP contribution in [-0.2, 0) is 10.5 Å². The zero-order valence-corrected chi connectivity index (χ0v) is 15.8. The third kappa shape index (κ3) is 5.91. The molecule has 2 N–H and O–H groups in total. The van der Waals surface area contributed by atoms with Crippen LogP contribution in [0.4, 0.5) is 5.69 Å². The van der Waals surface area contributed by atoms with Gasteiger partial charge in [0.2, 0.25) is 5.76 Å². The van der Waals surface area contributed by atoms with Gasteiger partial charge in [0.05, 0.1) is 12.1 Å². The second-order valence-corrected chi connectivity index (χ2v) is 7.09. The monoisotopic (exact) mass is 376 g/mol. The highest BCUT2D eigenvalue weighted by Gasteiger charge is 2.17. The SMILES string of the molecule is CCC(CC)c1cc(C(=O)Nc2cccc(CSCCC(=O)O)c2)on1. The molecule has 0 fully saturated rings. The van der Waals surface area contributed by atoms with Crippen molar-refractivity contribution in [2.75, 3.05) is 11.1 Å². The van der Waals surface area contributed by atoms with Gasteiger partial charge in [0.1, 0.15) is 0 Å². The Bertz CT molecular complexity index is 741. The van der Waals surface area contributed by atoms with E-state index in [9.17, 15) is 9.59 Å². The van der Waals surface area contributed by atoms with Crippen LogP contribution < -0.4 is 5.32 Å². The normalized spacial score (nSPS) is 10.9. The van der Waals surface area contributed by atoms with Crippen LogP contribution in [0, 0.1) is 0 Å². The lowest BCUT2D eigenvalue weighted by molar-refractivity contribution is -0.136. The molecule has 0 aliphatic heterocycles. The largest absolute Gasteiger partial charge is 0.481 e. The van der Waals surface area contributed by atoms with E-state index in [0.29, 0.717) is 23.1 Å². The number of nitrogens with one attached hydrogen (secondary N) is 1. The van der Waals surface area contributed by atoms with E-state index in [0.717, 1.165) is 24.1 Å². The lowest BCUT2D eigenvalue weighted by Crippen LogP contribution is -2.11. The summed E-state index contributed by atoms with van der Waals surface area (Å²) in [6, 6.07) is 9.20. The molecule has 0 unspecified atom stereocenters. The van der Waals surface area contributed by atoms with Crippen LogP contribution in [0.3, 0.4) is 0 Å². The molecule has 2 aromatic rings. The van der Waals surface area contributed by atoms with Gasteiger partial charge < -0.3 is 14.9 Å². The van der Waals surface area contributed by atoms with Gasteiger partial charge in [0.25, 0.3) is 5.91 Å². The minimum absolute atomic E-state index is 0.144. The van der Waals surface area contributed by atoms with E-state index in [1.54, 1.807) is 17.8 Å². The van der Waals surface area contributed by atoms with Crippen molar-refractivity contribution in [1.82, 2.24) is 5.16 Å². The fraction of sp³-hybridized carbons (Fsp3) is 0.421. The van der Waals surface area contributed by atoms with Crippen LogP contribution in [0.1, 0.15) is 60.8 Å². The van der Waals surface area contributed by atoms with Crippen molar-refractivity contribution in [1.29, 1.82) is 0 Å². The number of hydrogen-bond donors (Lipinski definition) is 2. The predicted molar refractivity (Wildman–Crippen MR) is 103 cm³/mol. The molecule has 1 aromatic heterocycles. The molecule has 0 aliphatic rings. The van der Waals surface area contributed by atoms with Gasteiger partial charge in [0.15, 0.2) is 0 Å². The van der Waals surface area contributed by atoms with Gasteiger partial charge in [-0.25, -0.2) is 0 Å².